The number of ether oxygens (including phenoxy) is 2. The zero-order valence-corrected chi connectivity index (χ0v) is 8.20. The van der Waals surface area contributed by atoms with Crippen LogP contribution >= 0.6 is 0 Å². The Balaban J connectivity index is 2.93. The first-order valence-electron chi connectivity index (χ1n) is 4.08. The molecule has 0 heterocycles. The Labute approximate surface area is 78.7 Å². The fraction of sp³-hybridized carbons (Fsp3) is 0.400. The maximum Gasteiger partial charge on any atom is 0.127 e. The van der Waals surface area contributed by atoms with E-state index < -0.39 is 0 Å². The van der Waals surface area contributed by atoms with Crippen LogP contribution in [-0.4, -0.2) is 21.3 Å². The first kappa shape index (κ1) is 9.86. The lowest BCUT2D eigenvalue weighted by atomic mass is 10.2. The fourth-order valence-corrected chi connectivity index (χ4v) is 1.15. The lowest BCUT2D eigenvalue weighted by Crippen LogP contribution is -2.00. The monoisotopic (exact) mass is 180 g/mol. The van der Waals surface area contributed by atoms with Crippen LogP contribution in [0.5, 0.6) is 11.5 Å². The van der Waals surface area contributed by atoms with Gasteiger partial charge in [0.2, 0.25) is 0 Å². The number of benzene rings is 1. The van der Waals surface area contributed by atoms with Crippen molar-refractivity contribution in [2.24, 2.45) is 0 Å². The van der Waals surface area contributed by atoms with Crippen molar-refractivity contribution >= 4 is 0 Å². The molecule has 1 aromatic carbocycles. The van der Waals surface area contributed by atoms with Gasteiger partial charge in [-0.2, -0.15) is 0 Å². The van der Waals surface area contributed by atoms with Gasteiger partial charge < -0.3 is 9.47 Å². The number of hydrogen-bond acceptors (Lipinski definition) is 2. The molecule has 0 unspecified atom stereocenters. The largest absolute Gasteiger partial charge is 0.497 e. The van der Waals surface area contributed by atoms with Crippen molar-refractivity contribution in [3.63, 3.8) is 0 Å². The van der Waals surface area contributed by atoms with Gasteiger partial charge in [0.25, 0.3) is 0 Å². The average Bonchev–Trinajstić information content (AvgIpc) is 2.19. The van der Waals surface area contributed by atoms with Crippen molar-refractivity contribution in [2.45, 2.75) is 6.54 Å². The average molecular weight is 180 g/mol. The molecule has 0 aliphatic heterocycles. The molecule has 0 aliphatic rings. The minimum absolute atomic E-state index is 0.674. The van der Waals surface area contributed by atoms with Crippen molar-refractivity contribution in [1.82, 2.24) is 5.32 Å². The summed E-state index contributed by atoms with van der Waals surface area (Å²) in [6.45, 7) is 0.674. The van der Waals surface area contributed by atoms with Gasteiger partial charge >= 0.3 is 0 Å². The molecule has 71 valence electrons. The van der Waals surface area contributed by atoms with Crippen LogP contribution in [0.1, 0.15) is 5.56 Å². The van der Waals surface area contributed by atoms with Crippen LogP contribution < -0.4 is 14.8 Å². The van der Waals surface area contributed by atoms with E-state index in [1.807, 2.05) is 18.2 Å². The maximum absolute atomic E-state index is 5.20. The van der Waals surface area contributed by atoms with Crippen LogP contribution in [0.3, 0.4) is 0 Å². The molecular formula is C10H14NO2. The van der Waals surface area contributed by atoms with Crippen LogP contribution in [-0.2, 0) is 6.54 Å². The van der Waals surface area contributed by atoms with Crippen molar-refractivity contribution in [3.05, 3.63) is 23.8 Å². The molecule has 0 aromatic heterocycles. The number of rotatable bonds is 4. The SMILES string of the molecule is C[N]Cc1ccc(OC)cc1OC. The van der Waals surface area contributed by atoms with Gasteiger partial charge in [0.15, 0.2) is 0 Å². The zero-order chi connectivity index (χ0) is 9.68. The summed E-state index contributed by atoms with van der Waals surface area (Å²) in [4.78, 5) is 0. The summed E-state index contributed by atoms with van der Waals surface area (Å²) in [6, 6.07) is 5.73. The Morgan fingerprint density at radius 1 is 1.23 bits per heavy atom. The number of methoxy groups -OCH3 is 2. The van der Waals surface area contributed by atoms with E-state index in [1.54, 1.807) is 21.3 Å². The van der Waals surface area contributed by atoms with E-state index in [2.05, 4.69) is 5.32 Å². The summed E-state index contributed by atoms with van der Waals surface area (Å²) in [7, 11) is 5.07. The molecule has 3 nitrogen and oxygen atoms in total. The Morgan fingerprint density at radius 3 is 2.54 bits per heavy atom. The van der Waals surface area contributed by atoms with Crippen molar-refractivity contribution in [1.29, 1.82) is 0 Å². The molecule has 0 saturated heterocycles. The summed E-state index contributed by atoms with van der Waals surface area (Å²) < 4.78 is 10.3. The minimum atomic E-state index is 0.674. The molecule has 0 fully saturated rings. The molecular weight excluding hydrogens is 166 g/mol. The Hall–Kier alpha value is -1.22. The first-order chi connectivity index (χ1) is 6.31. The van der Waals surface area contributed by atoms with Crippen LogP contribution in [0.25, 0.3) is 0 Å². The third-order valence-corrected chi connectivity index (χ3v) is 1.82. The quantitative estimate of drug-likeness (QED) is 0.702. The van der Waals surface area contributed by atoms with Crippen molar-refractivity contribution in [2.75, 3.05) is 21.3 Å². The molecule has 3 heteroatoms. The number of nitrogens with zero attached hydrogens (tertiary/aromatic N) is 1. The lowest BCUT2D eigenvalue weighted by Gasteiger charge is -2.08. The Kier molecular flexibility index (Phi) is 3.58. The molecule has 13 heavy (non-hydrogen) atoms. The summed E-state index contributed by atoms with van der Waals surface area (Å²) in [5.74, 6) is 1.63. The van der Waals surface area contributed by atoms with E-state index in [0.717, 1.165) is 17.1 Å². The summed E-state index contributed by atoms with van der Waals surface area (Å²) >= 11 is 0. The Morgan fingerprint density at radius 2 is 2.00 bits per heavy atom. The van der Waals surface area contributed by atoms with E-state index >= 15 is 0 Å². The van der Waals surface area contributed by atoms with Gasteiger partial charge in [-0.05, 0) is 6.07 Å². The number of hydrogen-bond donors (Lipinski definition) is 0. The van der Waals surface area contributed by atoms with Gasteiger partial charge in [-0.1, -0.05) is 6.07 Å². The third kappa shape index (κ3) is 2.36. The first-order valence-corrected chi connectivity index (χ1v) is 4.08. The van der Waals surface area contributed by atoms with E-state index in [-0.39, 0.29) is 0 Å². The smallest absolute Gasteiger partial charge is 0.127 e. The zero-order valence-electron chi connectivity index (χ0n) is 8.20. The van der Waals surface area contributed by atoms with Crippen LogP contribution in [0.2, 0.25) is 0 Å². The third-order valence-electron chi connectivity index (χ3n) is 1.82. The van der Waals surface area contributed by atoms with Crippen LogP contribution in [0.4, 0.5) is 0 Å². The highest BCUT2D eigenvalue weighted by Crippen LogP contribution is 2.24. The van der Waals surface area contributed by atoms with Gasteiger partial charge in [0.05, 0.1) is 14.2 Å². The summed E-state index contributed by atoms with van der Waals surface area (Å²) in [6.07, 6.45) is 0. The highest BCUT2D eigenvalue weighted by molar-refractivity contribution is 5.40. The molecule has 0 N–H and O–H groups in total. The standard InChI is InChI=1S/C10H14NO2/c1-11-7-8-4-5-9(12-2)6-10(8)13-3/h4-6H,7H2,1-3H3. The normalized spacial score (nSPS) is 9.77. The van der Waals surface area contributed by atoms with E-state index in [1.165, 1.54) is 0 Å². The second-order valence-electron chi connectivity index (χ2n) is 2.65. The van der Waals surface area contributed by atoms with E-state index in [4.69, 9.17) is 9.47 Å². The molecule has 0 amide bonds. The predicted molar refractivity (Wildman–Crippen MR) is 51.3 cm³/mol. The van der Waals surface area contributed by atoms with E-state index in [0.29, 0.717) is 6.54 Å². The molecule has 1 radical (unpaired) electrons. The molecule has 0 spiro atoms. The molecule has 0 atom stereocenters. The highest BCUT2D eigenvalue weighted by atomic mass is 16.5. The lowest BCUT2D eigenvalue weighted by molar-refractivity contribution is 0.390. The van der Waals surface area contributed by atoms with Crippen molar-refractivity contribution < 1.29 is 9.47 Å². The molecule has 1 aromatic rings. The van der Waals surface area contributed by atoms with Crippen LogP contribution in [0.15, 0.2) is 18.2 Å². The second kappa shape index (κ2) is 4.72. The summed E-state index contributed by atoms with van der Waals surface area (Å²) in [5.41, 5.74) is 1.07. The Bertz CT molecular complexity index is 274. The fourth-order valence-electron chi connectivity index (χ4n) is 1.15. The second-order valence-corrected chi connectivity index (χ2v) is 2.65. The van der Waals surface area contributed by atoms with E-state index in [9.17, 15) is 0 Å². The van der Waals surface area contributed by atoms with Gasteiger partial charge in [-0.3, -0.25) is 0 Å². The van der Waals surface area contributed by atoms with Crippen LogP contribution in [0, 0.1) is 0 Å². The summed E-state index contributed by atoms with van der Waals surface area (Å²) in [5, 5.41) is 4.05. The minimum Gasteiger partial charge on any atom is -0.497 e. The predicted octanol–water partition coefficient (Wildman–Crippen LogP) is 1.44. The van der Waals surface area contributed by atoms with Gasteiger partial charge in [0, 0.05) is 25.2 Å². The van der Waals surface area contributed by atoms with Gasteiger partial charge in [-0.15, -0.1) is 0 Å². The van der Waals surface area contributed by atoms with Gasteiger partial charge in [-0.25, -0.2) is 5.32 Å². The molecule has 0 aliphatic carbocycles. The molecule has 0 saturated carbocycles. The molecule has 0 bridgehead atoms. The topological polar surface area (TPSA) is 32.6 Å². The molecule has 1 rings (SSSR count). The highest BCUT2D eigenvalue weighted by Gasteiger charge is 2.03. The van der Waals surface area contributed by atoms with Crippen molar-refractivity contribution in [3.8, 4) is 11.5 Å². The van der Waals surface area contributed by atoms with Gasteiger partial charge in [0.1, 0.15) is 11.5 Å². The maximum atomic E-state index is 5.20.